The van der Waals surface area contributed by atoms with E-state index in [9.17, 15) is 4.79 Å². The molecule has 0 aliphatic carbocycles. The molecule has 2 aromatic heterocycles. The molecule has 1 atom stereocenters. The third-order valence-corrected chi connectivity index (χ3v) is 6.14. The van der Waals surface area contributed by atoms with Gasteiger partial charge in [-0.3, -0.25) is 9.78 Å². The van der Waals surface area contributed by atoms with E-state index in [1.165, 1.54) is 0 Å². The molecule has 0 spiro atoms. The minimum absolute atomic E-state index is 0.0128. The third-order valence-electron chi connectivity index (χ3n) is 6.14. The number of benzene rings is 3. The van der Waals surface area contributed by atoms with Crippen LogP contribution < -0.4 is 10.1 Å². The monoisotopic (exact) mass is 461 g/mol. The fourth-order valence-corrected chi connectivity index (χ4v) is 4.44. The number of ether oxygens (including phenoxy) is 1. The van der Waals surface area contributed by atoms with Gasteiger partial charge in [0.05, 0.1) is 0 Å². The first-order chi connectivity index (χ1) is 17.2. The maximum atomic E-state index is 13.1. The van der Waals surface area contributed by atoms with Crippen LogP contribution in [-0.4, -0.2) is 15.5 Å². The van der Waals surface area contributed by atoms with Gasteiger partial charge in [-0.15, -0.1) is 0 Å². The molecular formula is C30H27N3O2. The van der Waals surface area contributed by atoms with Crippen molar-refractivity contribution in [2.75, 3.05) is 0 Å². The number of hydrogen-bond donors (Lipinski definition) is 1. The summed E-state index contributed by atoms with van der Waals surface area (Å²) in [6, 6.07) is 29.9. The minimum Gasteiger partial charge on any atom is -0.457 e. The van der Waals surface area contributed by atoms with Gasteiger partial charge in [-0.25, -0.2) is 0 Å². The van der Waals surface area contributed by atoms with Crippen LogP contribution in [0.2, 0.25) is 0 Å². The lowest BCUT2D eigenvalue weighted by Gasteiger charge is -2.18. The van der Waals surface area contributed by atoms with E-state index in [0.717, 1.165) is 39.1 Å². The van der Waals surface area contributed by atoms with Gasteiger partial charge in [0.25, 0.3) is 0 Å². The van der Waals surface area contributed by atoms with E-state index in [0.29, 0.717) is 13.0 Å². The molecule has 2 heterocycles. The summed E-state index contributed by atoms with van der Waals surface area (Å²) in [6.45, 7) is 0.450. The highest BCUT2D eigenvalue weighted by Crippen LogP contribution is 2.36. The van der Waals surface area contributed by atoms with E-state index < -0.39 is 0 Å². The highest BCUT2D eigenvalue weighted by atomic mass is 16.5. The van der Waals surface area contributed by atoms with Crippen molar-refractivity contribution in [3.63, 3.8) is 0 Å². The molecule has 0 fully saturated rings. The Morgan fingerprint density at radius 2 is 1.74 bits per heavy atom. The SMILES string of the molecule is Cn1cc(C(CC(=O)NCc2cccnc2)c2cccc(Oc3ccccc3)c2)c2ccccc21. The molecule has 5 rings (SSSR count). The van der Waals surface area contributed by atoms with Crippen LogP contribution in [-0.2, 0) is 18.4 Å². The molecule has 0 saturated heterocycles. The number of pyridine rings is 1. The Morgan fingerprint density at radius 1 is 0.943 bits per heavy atom. The first kappa shape index (κ1) is 22.4. The van der Waals surface area contributed by atoms with Gasteiger partial charge >= 0.3 is 0 Å². The van der Waals surface area contributed by atoms with Crippen molar-refractivity contribution in [3.05, 3.63) is 126 Å². The Bertz CT molecular complexity index is 1430. The second kappa shape index (κ2) is 10.3. The molecule has 3 aromatic carbocycles. The number of rotatable bonds is 8. The van der Waals surface area contributed by atoms with Crippen LogP contribution in [0.4, 0.5) is 0 Å². The maximum Gasteiger partial charge on any atom is 0.221 e. The van der Waals surface area contributed by atoms with E-state index in [2.05, 4.69) is 39.3 Å². The van der Waals surface area contributed by atoms with Crippen molar-refractivity contribution in [1.29, 1.82) is 0 Å². The lowest BCUT2D eigenvalue weighted by molar-refractivity contribution is -0.121. The van der Waals surface area contributed by atoms with Gasteiger partial charge in [-0.05, 0) is 53.1 Å². The summed E-state index contributed by atoms with van der Waals surface area (Å²) in [5, 5.41) is 4.21. The van der Waals surface area contributed by atoms with E-state index in [-0.39, 0.29) is 11.8 Å². The number of para-hydroxylation sites is 2. The molecule has 0 bridgehead atoms. The normalized spacial score (nSPS) is 11.8. The van der Waals surface area contributed by atoms with Crippen molar-refractivity contribution in [2.24, 2.45) is 7.05 Å². The predicted molar refractivity (Wildman–Crippen MR) is 138 cm³/mol. The van der Waals surface area contributed by atoms with Crippen LogP contribution in [0.3, 0.4) is 0 Å². The summed E-state index contributed by atoms with van der Waals surface area (Å²) >= 11 is 0. The lowest BCUT2D eigenvalue weighted by Crippen LogP contribution is -2.25. The first-order valence-electron chi connectivity index (χ1n) is 11.7. The molecule has 5 aromatic rings. The van der Waals surface area contributed by atoms with Crippen LogP contribution in [0.25, 0.3) is 10.9 Å². The van der Waals surface area contributed by atoms with Crippen molar-refractivity contribution in [3.8, 4) is 11.5 Å². The Kier molecular flexibility index (Phi) is 6.57. The Hall–Kier alpha value is -4.38. The van der Waals surface area contributed by atoms with Gasteiger partial charge < -0.3 is 14.6 Å². The zero-order valence-corrected chi connectivity index (χ0v) is 19.6. The number of nitrogens with zero attached hydrogens (tertiary/aromatic N) is 2. The molecule has 1 N–H and O–H groups in total. The number of amides is 1. The molecule has 174 valence electrons. The minimum atomic E-state index is -0.130. The molecule has 1 unspecified atom stereocenters. The molecule has 0 aliphatic rings. The molecule has 0 radical (unpaired) electrons. The number of hydrogen-bond acceptors (Lipinski definition) is 3. The van der Waals surface area contributed by atoms with E-state index in [1.807, 2.05) is 79.8 Å². The molecule has 0 saturated carbocycles. The summed E-state index contributed by atoms with van der Waals surface area (Å²) < 4.78 is 8.22. The second-order valence-corrected chi connectivity index (χ2v) is 8.59. The van der Waals surface area contributed by atoms with Gasteiger partial charge in [0.1, 0.15) is 11.5 Å². The fourth-order valence-electron chi connectivity index (χ4n) is 4.44. The number of aromatic nitrogens is 2. The maximum absolute atomic E-state index is 13.1. The second-order valence-electron chi connectivity index (χ2n) is 8.59. The van der Waals surface area contributed by atoms with Gasteiger partial charge in [-0.2, -0.15) is 0 Å². The van der Waals surface area contributed by atoms with Crippen LogP contribution in [0.1, 0.15) is 29.0 Å². The Labute approximate surface area is 205 Å². The molecule has 35 heavy (non-hydrogen) atoms. The zero-order valence-electron chi connectivity index (χ0n) is 19.6. The van der Waals surface area contributed by atoms with Gasteiger partial charge in [-0.1, -0.05) is 54.6 Å². The Morgan fingerprint density at radius 3 is 2.57 bits per heavy atom. The fraction of sp³-hybridized carbons (Fsp3) is 0.133. The summed E-state index contributed by atoms with van der Waals surface area (Å²) in [5.41, 5.74) is 4.27. The molecule has 5 nitrogen and oxygen atoms in total. The summed E-state index contributed by atoms with van der Waals surface area (Å²) in [6.07, 6.45) is 5.96. The number of nitrogens with one attached hydrogen (secondary N) is 1. The largest absolute Gasteiger partial charge is 0.457 e. The summed E-state index contributed by atoms with van der Waals surface area (Å²) in [5.74, 6) is 1.38. The number of fused-ring (bicyclic) bond motifs is 1. The highest BCUT2D eigenvalue weighted by Gasteiger charge is 2.23. The van der Waals surface area contributed by atoms with Gasteiger partial charge in [0, 0.05) is 55.4 Å². The molecule has 5 heteroatoms. The number of carbonyl (C=O) groups is 1. The third kappa shape index (κ3) is 5.25. The average molecular weight is 462 g/mol. The highest BCUT2D eigenvalue weighted by molar-refractivity contribution is 5.86. The quantitative estimate of drug-likeness (QED) is 0.299. The lowest BCUT2D eigenvalue weighted by atomic mass is 9.88. The van der Waals surface area contributed by atoms with Gasteiger partial charge in [0.15, 0.2) is 0 Å². The standard InChI is InChI=1S/C30H27N3O2/c1-33-21-28(26-14-5-6-15-29(26)33)27(18-30(34)32-20-22-9-8-16-31-19-22)23-10-7-13-25(17-23)35-24-11-3-2-4-12-24/h2-17,19,21,27H,18,20H2,1H3,(H,32,34). The smallest absolute Gasteiger partial charge is 0.221 e. The Balaban J connectivity index is 1.46. The van der Waals surface area contributed by atoms with E-state index >= 15 is 0 Å². The molecule has 0 aliphatic heterocycles. The molecule has 1 amide bonds. The van der Waals surface area contributed by atoms with E-state index in [1.54, 1.807) is 12.4 Å². The van der Waals surface area contributed by atoms with E-state index in [4.69, 9.17) is 4.74 Å². The van der Waals surface area contributed by atoms with Crippen LogP contribution in [0.5, 0.6) is 11.5 Å². The van der Waals surface area contributed by atoms with Crippen LogP contribution in [0.15, 0.2) is 110 Å². The zero-order chi connectivity index (χ0) is 24.0. The van der Waals surface area contributed by atoms with Gasteiger partial charge in [0.2, 0.25) is 5.91 Å². The summed E-state index contributed by atoms with van der Waals surface area (Å²) in [7, 11) is 2.04. The van der Waals surface area contributed by atoms with Crippen molar-refractivity contribution < 1.29 is 9.53 Å². The van der Waals surface area contributed by atoms with Crippen molar-refractivity contribution in [2.45, 2.75) is 18.9 Å². The topological polar surface area (TPSA) is 56.2 Å². The molecular weight excluding hydrogens is 434 g/mol. The predicted octanol–water partition coefficient (Wildman–Crippen LogP) is 6.20. The number of aryl methyl sites for hydroxylation is 1. The van der Waals surface area contributed by atoms with Crippen LogP contribution >= 0.6 is 0 Å². The van der Waals surface area contributed by atoms with Crippen LogP contribution in [0, 0.1) is 0 Å². The van der Waals surface area contributed by atoms with Crippen molar-refractivity contribution >= 4 is 16.8 Å². The summed E-state index contributed by atoms with van der Waals surface area (Å²) in [4.78, 5) is 17.3. The number of carbonyl (C=O) groups excluding carboxylic acids is 1. The first-order valence-corrected chi connectivity index (χ1v) is 11.7. The van der Waals surface area contributed by atoms with Crippen molar-refractivity contribution in [1.82, 2.24) is 14.9 Å². The average Bonchev–Trinajstić information content (AvgIpc) is 3.23.